The van der Waals surface area contributed by atoms with Crippen LogP contribution in [0.25, 0.3) is 0 Å². The molecule has 2 unspecified atom stereocenters. The van der Waals surface area contributed by atoms with Gasteiger partial charge in [0.1, 0.15) is 0 Å². The normalized spacial score (nSPS) is 29.8. The van der Waals surface area contributed by atoms with Crippen LogP contribution >= 0.6 is 22.9 Å². The van der Waals surface area contributed by atoms with E-state index in [2.05, 4.69) is 16.3 Å². The van der Waals surface area contributed by atoms with Crippen LogP contribution in [0.1, 0.15) is 24.1 Å². The van der Waals surface area contributed by atoms with Gasteiger partial charge in [-0.05, 0) is 31.9 Å². The molecular weight excluding hydrogens is 240 g/mol. The lowest BCUT2D eigenvalue weighted by Crippen LogP contribution is -2.38. The quantitative estimate of drug-likeness (QED) is 0.895. The van der Waals surface area contributed by atoms with E-state index in [0.29, 0.717) is 6.04 Å². The predicted octanol–water partition coefficient (Wildman–Crippen LogP) is 2.73. The lowest BCUT2D eigenvalue weighted by molar-refractivity contribution is 0.299. The fourth-order valence-electron chi connectivity index (χ4n) is 3.00. The van der Waals surface area contributed by atoms with Gasteiger partial charge in [-0.1, -0.05) is 11.6 Å². The second kappa shape index (κ2) is 4.65. The van der Waals surface area contributed by atoms with Crippen molar-refractivity contribution in [2.75, 3.05) is 13.1 Å². The molecule has 0 bridgehead atoms. The lowest BCUT2D eigenvalue weighted by atomic mass is 10.1. The summed E-state index contributed by atoms with van der Waals surface area (Å²) in [7, 11) is 0. The van der Waals surface area contributed by atoms with Crippen molar-refractivity contribution in [3.8, 4) is 0 Å². The van der Waals surface area contributed by atoms with Crippen molar-refractivity contribution in [3.05, 3.63) is 21.3 Å². The molecule has 2 atom stereocenters. The van der Waals surface area contributed by atoms with Gasteiger partial charge in [-0.3, -0.25) is 4.90 Å². The topological polar surface area (TPSA) is 15.3 Å². The number of nitrogens with one attached hydrogen (secondary N) is 1. The van der Waals surface area contributed by atoms with Crippen LogP contribution in [0.4, 0.5) is 0 Å². The third-order valence-electron chi connectivity index (χ3n) is 3.77. The van der Waals surface area contributed by atoms with Gasteiger partial charge in [0, 0.05) is 35.4 Å². The summed E-state index contributed by atoms with van der Waals surface area (Å²) < 4.78 is 0. The summed E-state index contributed by atoms with van der Waals surface area (Å²) in [6.07, 6.45) is 4.07. The number of rotatable bonds is 3. The monoisotopic (exact) mass is 256 g/mol. The van der Waals surface area contributed by atoms with E-state index in [1.54, 1.807) is 11.3 Å². The number of thiophene rings is 1. The molecule has 2 aliphatic heterocycles. The molecule has 4 heteroatoms. The van der Waals surface area contributed by atoms with Gasteiger partial charge in [-0.25, -0.2) is 0 Å². The zero-order valence-electron chi connectivity index (χ0n) is 9.29. The molecule has 0 radical (unpaired) electrons. The highest BCUT2D eigenvalue weighted by molar-refractivity contribution is 7.10. The highest BCUT2D eigenvalue weighted by Crippen LogP contribution is 2.28. The summed E-state index contributed by atoms with van der Waals surface area (Å²) in [6.45, 7) is 3.58. The molecule has 1 N–H and O–H groups in total. The molecule has 0 spiro atoms. The SMILES string of the molecule is Clc1csc(CNC2CCN3CCCC23)c1. The Labute approximate surface area is 106 Å². The molecule has 88 valence electrons. The van der Waals surface area contributed by atoms with Gasteiger partial charge in [0.05, 0.1) is 5.02 Å². The summed E-state index contributed by atoms with van der Waals surface area (Å²) in [4.78, 5) is 3.99. The predicted molar refractivity (Wildman–Crippen MR) is 69.2 cm³/mol. The number of nitrogens with zero attached hydrogens (tertiary/aromatic N) is 1. The van der Waals surface area contributed by atoms with Crippen molar-refractivity contribution in [2.45, 2.75) is 37.9 Å². The van der Waals surface area contributed by atoms with Crippen molar-refractivity contribution >= 4 is 22.9 Å². The van der Waals surface area contributed by atoms with Gasteiger partial charge in [-0.15, -0.1) is 11.3 Å². The third kappa shape index (κ3) is 2.14. The van der Waals surface area contributed by atoms with Crippen molar-refractivity contribution in [3.63, 3.8) is 0 Å². The lowest BCUT2D eigenvalue weighted by Gasteiger charge is -2.20. The van der Waals surface area contributed by atoms with Crippen LogP contribution < -0.4 is 5.32 Å². The van der Waals surface area contributed by atoms with Crippen LogP contribution in [-0.2, 0) is 6.54 Å². The van der Waals surface area contributed by atoms with Crippen LogP contribution in [-0.4, -0.2) is 30.1 Å². The average Bonchev–Trinajstić information content (AvgIpc) is 2.91. The first-order chi connectivity index (χ1) is 7.83. The Morgan fingerprint density at radius 1 is 1.44 bits per heavy atom. The maximum Gasteiger partial charge on any atom is 0.0516 e. The maximum absolute atomic E-state index is 5.92. The fraction of sp³-hybridized carbons (Fsp3) is 0.667. The van der Waals surface area contributed by atoms with Crippen LogP contribution in [0.2, 0.25) is 5.02 Å². The Bertz CT molecular complexity index is 366. The number of hydrogen-bond acceptors (Lipinski definition) is 3. The summed E-state index contributed by atoms with van der Waals surface area (Å²) in [5.41, 5.74) is 0. The highest BCUT2D eigenvalue weighted by Gasteiger charge is 2.36. The van der Waals surface area contributed by atoms with E-state index in [9.17, 15) is 0 Å². The second-order valence-corrected chi connectivity index (χ2v) is 6.19. The van der Waals surface area contributed by atoms with Gasteiger partial charge in [0.15, 0.2) is 0 Å². The van der Waals surface area contributed by atoms with Crippen LogP contribution in [0.5, 0.6) is 0 Å². The van der Waals surface area contributed by atoms with Crippen molar-refractivity contribution in [1.29, 1.82) is 0 Å². The van der Waals surface area contributed by atoms with Crippen molar-refractivity contribution in [2.24, 2.45) is 0 Å². The molecule has 2 aliphatic rings. The molecule has 2 fully saturated rings. The highest BCUT2D eigenvalue weighted by atomic mass is 35.5. The zero-order chi connectivity index (χ0) is 11.0. The average molecular weight is 257 g/mol. The minimum absolute atomic E-state index is 0.698. The van der Waals surface area contributed by atoms with E-state index >= 15 is 0 Å². The van der Waals surface area contributed by atoms with Gasteiger partial charge < -0.3 is 5.32 Å². The first-order valence-electron chi connectivity index (χ1n) is 6.03. The van der Waals surface area contributed by atoms with Gasteiger partial charge >= 0.3 is 0 Å². The minimum Gasteiger partial charge on any atom is -0.307 e. The van der Waals surface area contributed by atoms with Crippen LogP contribution in [0.3, 0.4) is 0 Å². The van der Waals surface area contributed by atoms with E-state index in [0.717, 1.165) is 17.6 Å². The Morgan fingerprint density at radius 3 is 3.19 bits per heavy atom. The molecule has 16 heavy (non-hydrogen) atoms. The van der Waals surface area contributed by atoms with Crippen LogP contribution in [0, 0.1) is 0 Å². The number of fused-ring (bicyclic) bond motifs is 1. The van der Waals surface area contributed by atoms with Gasteiger partial charge in [0.25, 0.3) is 0 Å². The fourth-order valence-corrected chi connectivity index (χ4v) is 4.02. The van der Waals surface area contributed by atoms with E-state index in [-0.39, 0.29) is 0 Å². The first kappa shape index (κ1) is 11.0. The third-order valence-corrected chi connectivity index (χ3v) is 5.05. The summed E-state index contributed by atoms with van der Waals surface area (Å²) in [6, 6.07) is 3.57. The molecule has 0 aliphatic carbocycles. The number of halogens is 1. The Hall–Kier alpha value is -0.0900. The number of hydrogen-bond donors (Lipinski definition) is 1. The molecule has 1 aromatic rings. The molecule has 1 aromatic heterocycles. The standard InChI is InChI=1S/C12H17ClN2S/c13-9-6-10(16-8-9)7-14-11-3-5-15-4-1-2-12(11)15/h6,8,11-12,14H,1-5,7H2. The molecule has 0 amide bonds. The summed E-state index contributed by atoms with van der Waals surface area (Å²) in [5, 5.41) is 6.57. The van der Waals surface area contributed by atoms with E-state index in [4.69, 9.17) is 11.6 Å². The molecule has 0 saturated carbocycles. The Balaban J connectivity index is 1.55. The molecular formula is C12H17ClN2S. The Morgan fingerprint density at radius 2 is 2.38 bits per heavy atom. The Kier molecular flexibility index (Phi) is 3.20. The van der Waals surface area contributed by atoms with Gasteiger partial charge in [0.2, 0.25) is 0 Å². The smallest absolute Gasteiger partial charge is 0.0516 e. The molecule has 3 heterocycles. The largest absolute Gasteiger partial charge is 0.307 e. The minimum atomic E-state index is 0.698. The molecule has 0 aromatic carbocycles. The zero-order valence-corrected chi connectivity index (χ0v) is 10.9. The molecule has 3 rings (SSSR count). The van der Waals surface area contributed by atoms with Crippen molar-refractivity contribution < 1.29 is 0 Å². The van der Waals surface area contributed by atoms with E-state index in [1.165, 1.54) is 37.2 Å². The maximum atomic E-state index is 5.92. The molecule has 2 nitrogen and oxygen atoms in total. The summed E-state index contributed by atoms with van der Waals surface area (Å²) >= 11 is 7.67. The van der Waals surface area contributed by atoms with E-state index in [1.807, 2.05) is 5.38 Å². The van der Waals surface area contributed by atoms with E-state index < -0.39 is 0 Å². The second-order valence-electron chi connectivity index (χ2n) is 4.75. The first-order valence-corrected chi connectivity index (χ1v) is 7.29. The van der Waals surface area contributed by atoms with Gasteiger partial charge in [-0.2, -0.15) is 0 Å². The molecule has 2 saturated heterocycles. The summed E-state index contributed by atoms with van der Waals surface area (Å²) in [5.74, 6) is 0. The van der Waals surface area contributed by atoms with Crippen LogP contribution in [0.15, 0.2) is 11.4 Å². The van der Waals surface area contributed by atoms with Crippen molar-refractivity contribution in [1.82, 2.24) is 10.2 Å².